The zero-order valence-corrected chi connectivity index (χ0v) is 12.9. The molecule has 0 aliphatic rings. The van der Waals surface area contributed by atoms with Crippen LogP contribution in [0.25, 0.3) is 10.9 Å². The largest absolute Gasteiger partial charge is 0.389 e. The number of aliphatic hydroxyl groups excluding tert-OH is 1. The van der Waals surface area contributed by atoms with E-state index in [2.05, 4.69) is 9.97 Å². The van der Waals surface area contributed by atoms with Gasteiger partial charge in [0.15, 0.2) is 0 Å². The van der Waals surface area contributed by atoms with Crippen molar-refractivity contribution in [3.63, 3.8) is 0 Å². The number of pyridine rings is 2. The normalized spacial score (nSPS) is 12.3. The molecule has 1 unspecified atom stereocenters. The van der Waals surface area contributed by atoms with E-state index < -0.39 is 6.10 Å². The van der Waals surface area contributed by atoms with Crippen LogP contribution in [0.5, 0.6) is 0 Å². The molecule has 116 valence electrons. The van der Waals surface area contributed by atoms with E-state index in [1.807, 2.05) is 36.4 Å². The third-order valence-electron chi connectivity index (χ3n) is 3.83. The molecule has 0 radical (unpaired) electrons. The smallest absolute Gasteiger partial charge is 0.141 e. The van der Waals surface area contributed by atoms with E-state index in [-0.39, 0.29) is 12.2 Å². The summed E-state index contributed by atoms with van der Waals surface area (Å²) in [7, 11) is 0. The van der Waals surface area contributed by atoms with Crippen LogP contribution in [0, 0.1) is 0 Å². The number of carbonyl (C=O) groups excluding carboxylic acids is 1. The van der Waals surface area contributed by atoms with Crippen LogP contribution >= 0.6 is 0 Å². The van der Waals surface area contributed by atoms with Gasteiger partial charge in [-0.3, -0.25) is 14.8 Å². The second-order valence-electron chi connectivity index (χ2n) is 5.64. The number of hydrogen-bond acceptors (Lipinski definition) is 4. The number of para-hydroxylation sites is 1. The zero-order valence-electron chi connectivity index (χ0n) is 12.9. The summed E-state index contributed by atoms with van der Waals surface area (Å²) < 4.78 is 0. The lowest BCUT2D eigenvalue weighted by molar-refractivity contribution is -0.117. The van der Waals surface area contributed by atoms with Crippen LogP contribution in [-0.2, 0) is 17.6 Å². The lowest BCUT2D eigenvalue weighted by Crippen LogP contribution is -2.10. The summed E-state index contributed by atoms with van der Waals surface area (Å²) in [5, 5.41) is 11.1. The average molecular weight is 306 g/mol. The summed E-state index contributed by atoms with van der Waals surface area (Å²) in [6, 6.07) is 11.4. The number of nitrogens with zero attached hydrogens (tertiary/aromatic N) is 2. The van der Waals surface area contributed by atoms with E-state index in [0.717, 1.165) is 27.6 Å². The molecular formula is C19H18N2O2. The number of rotatable bonds is 5. The quantitative estimate of drug-likeness (QED) is 0.787. The van der Waals surface area contributed by atoms with Crippen molar-refractivity contribution in [1.82, 2.24) is 9.97 Å². The molecule has 3 aromatic rings. The summed E-state index contributed by atoms with van der Waals surface area (Å²) in [4.78, 5) is 20.8. The van der Waals surface area contributed by atoms with E-state index in [1.54, 1.807) is 25.5 Å². The number of Topliss-reactive ketones (excluding diaryl/α,β-unsaturated/α-hetero) is 1. The minimum absolute atomic E-state index is 0.0805. The predicted octanol–water partition coefficient (Wildman–Crippen LogP) is 3.04. The minimum atomic E-state index is -0.649. The Balaban J connectivity index is 1.90. The Kier molecular flexibility index (Phi) is 4.44. The summed E-state index contributed by atoms with van der Waals surface area (Å²) in [6.07, 6.45) is 5.03. The Morgan fingerprint density at radius 2 is 1.96 bits per heavy atom. The second kappa shape index (κ2) is 6.67. The molecule has 0 fully saturated rings. The van der Waals surface area contributed by atoms with E-state index >= 15 is 0 Å². The average Bonchev–Trinajstić information content (AvgIpc) is 2.55. The molecule has 0 saturated heterocycles. The molecule has 1 atom stereocenters. The van der Waals surface area contributed by atoms with Crippen molar-refractivity contribution in [3.05, 3.63) is 71.7 Å². The highest BCUT2D eigenvalue weighted by molar-refractivity contribution is 5.87. The topological polar surface area (TPSA) is 63.1 Å². The molecule has 0 bridgehead atoms. The van der Waals surface area contributed by atoms with Crippen molar-refractivity contribution in [2.24, 2.45) is 0 Å². The van der Waals surface area contributed by atoms with Crippen molar-refractivity contribution in [3.8, 4) is 0 Å². The number of carbonyl (C=O) groups is 1. The fourth-order valence-electron chi connectivity index (χ4n) is 2.84. The molecule has 0 amide bonds. The van der Waals surface area contributed by atoms with Gasteiger partial charge in [0.25, 0.3) is 0 Å². The van der Waals surface area contributed by atoms with Crippen LogP contribution in [0.3, 0.4) is 0 Å². The predicted molar refractivity (Wildman–Crippen MR) is 89.0 cm³/mol. The van der Waals surface area contributed by atoms with E-state index in [9.17, 15) is 9.90 Å². The fraction of sp³-hybridized carbons (Fsp3) is 0.211. The van der Waals surface area contributed by atoms with Crippen molar-refractivity contribution in [2.45, 2.75) is 25.9 Å². The highest BCUT2D eigenvalue weighted by Gasteiger charge is 2.16. The Morgan fingerprint density at radius 1 is 1.13 bits per heavy atom. The van der Waals surface area contributed by atoms with Crippen LogP contribution in [0.15, 0.2) is 55.0 Å². The Labute approximate surface area is 134 Å². The summed E-state index contributed by atoms with van der Waals surface area (Å²) in [5.74, 6) is 0.0805. The summed E-state index contributed by atoms with van der Waals surface area (Å²) in [6.45, 7) is 1.72. The van der Waals surface area contributed by atoms with Gasteiger partial charge in [-0.15, -0.1) is 0 Å². The number of hydrogen-bond donors (Lipinski definition) is 1. The third-order valence-corrected chi connectivity index (χ3v) is 3.83. The van der Waals surface area contributed by atoms with Gasteiger partial charge in [-0.05, 0) is 35.7 Å². The summed E-state index contributed by atoms with van der Waals surface area (Å²) in [5.41, 5.74) is 3.29. The molecule has 0 aliphatic heterocycles. The second-order valence-corrected chi connectivity index (χ2v) is 5.64. The first kappa shape index (κ1) is 15.3. The van der Waals surface area contributed by atoms with E-state index in [1.165, 1.54) is 0 Å². The zero-order chi connectivity index (χ0) is 16.2. The van der Waals surface area contributed by atoms with Crippen LogP contribution in [-0.4, -0.2) is 20.9 Å². The minimum Gasteiger partial charge on any atom is -0.389 e. The van der Waals surface area contributed by atoms with Gasteiger partial charge in [-0.1, -0.05) is 24.3 Å². The Bertz CT molecular complexity index is 829. The van der Waals surface area contributed by atoms with Gasteiger partial charge in [-0.2, -0.15) is 0 Å². The maximum Gasteiger partial charge on any atom is 0.141 e. The molecule has 2 aromatic heterocycles. The molecule has 2 heterocycles. The highest BCUT2D eigenvalue weighted by Crippen LogP contribution is 2.27. The highest BCUT2D eigenvalue weighted by atomic mass is 16.3. The molecule has 0 aliphatic carbocycles. The maximum absolute atomic E-state index is 12.4. The van der Waals surface area contributed by atoms with E-state index in [0.29, 0.717) is 6.42 Å². The lowest BCUT2D eigenvalue weighted by atomic mass is 9.95. The third kappa shape index (κ3) is 3.43. The molecule has 3 rings (SSSR count). The number of aliphatic hydroxyl groups is 1. The lowest BCUT2D eigenvalue weighted by Gasteiger charge is -2.14. The Hall–Kier alpha value is -2.59. The summed E-state index contributed by atoms with van der Waals surface area (Å²) >= 11 is 0. The van der Waals surface area contributed by atoms with Crippen LogP contribution < -0.4 is 0 Å². The first-order valence-electron chi connectivity index (χ1n) is 7.60. The molecule has 0 spiro atoms. The standard InChI is InChI=1S/C19H18N2O2/c1-13(22)19-15(12-21-18-7-3-2-6-17(18)19)10-16(23)9-14-5-4-8-20-11-14/h2-8,11-13,22H,9-10H2,1H3. The number of fused-ring (bicyclic) bond motifs is 1. The monoisotopic (exact) mass is 306 g/mol. The fourth-order valence-corrected chi connectivity index (χ4v) is 2.84. The first-order chi connectivity index (χ1) is 11.1. The molecular weight excluding hydrogens is 288 g/mol. The van der Waals surface area contributed by atoms with Gasteiger partial charge in [0.1, 0.15) is 5.78 Å². The van der Waals surface area contributed by atoms with Crippen molar-refractivity contribution in [1.29, 1.82) is 0 Å². The van der Waals surface area contributed by atoms with Crippen molar-refractivity contribution in [2.75, 3.05) is 0 Å². The van der Waals surface area contributed by atoms with Gasteiger partial charge in [0.2, 0.25) is 0 Å². The maximum atomic E-state index is 12.4. The van der Waals surface area contributed by atoms with Gasteiger partial charge in [-0.25, -0.2) is 0 Å². The van der Waals surface area contributed by atoms with Crippen molar-refractivity contribution >= 4 is 16.7 Å². The number of aromatic nitrogens is 2. The molecule has 4 heteroatoms. The van der Waals surface area contributed by atoms with Crippen molar-refractivity contribution < 1.29 is 9.90 Å². The molecule has 1 aromatic carbocycles. The van der Waals surface area contributed by atoms with Crippen LogP contribution in [0.2, 0.25) is 0 Å². The Morgan fingerprint density at radius 3 is 2.70 bits per heavy atom. The van der Waals surface area contributed by atoms with Gasteiger partial charge < -0.3 is 5.11 Å². The van der Waals surface area contributed by atoms with Gasteiger partial charge in [0, 0.05) is 36.8 Å². The number of benzene rings is 1. The first-order valence-corrected chi connectivity index (χ1v) is 7.60. The van der Waals surface area contributed by atoms with E-state index in [4.69, 9.17) is 0 Å². The van der Waals surface area contributed by atoms with Crippen LogP contribution in [0.4, 0.5) is 0 Å². The molecule has 23 heavy (non-hydrogen) atoms. The molecule has 0 saturated carbocycles. The molecule has 1 N–H and O–H groups in total. The number of ketones is 1. The van der Waals surface area contributed by atoms with Gasteiger partial charge >= 0.3 is 0 Å². The SMILES string of the molecule is CC(O)c1c(CC(=O)Cc2cccnc2)cnc2ccccc12. The van der Waals surface area contributed by atoms with Gasteiger partial charge in [0.05, 0.1) is 11.6 Å². The molecule has 4 nitrogen and oxygen atoms in total. The van der Waals surface area contributed by atoms with Crippen LogP contribution in [0.1, 0.15) is 29.7 Å².